The average Bonchev–Trinajstić information content (AvgIpc) is 2.72. The van der Waals surface area contributed by atoms with Gasteiger partial charge in [-0.2, -0.15) is 4.31 Å². The van der Waals surface area contributed by atoms with Crippen molar-refractivity contribution in [2.45, 2.75) is 36.2 Å². The van der Waals surface area contributed by atoms with Crippen LogP contribution in [-0.4, -0.2) is 37.9 Å². The Kier molecular flexibility index (Phi) is 5.78. The average molecular weight is 434 g/mol. The number of halogens is 4. The lowest BCUT2D eigenvalue weighted by Gasteiger charge is -2.24. The molecule has 2 fully saturated rings. The number of benzene rings is 1. The third-order valence-corrected chi connectivity index (χ3v) is 7.16. The number of hydrogen-bond acceptors (Lipinski definition) is 3. The van der Waals surface area contributed by atoms with E-state index in [-0.39, 0.29) is 28.4 Å². The van der Waals surface area contributed by atoms with E-state index in [0.29, 0.717) is 23.6 Å². The fourth-order valence-electron chi connectivity index (χ4n) is 2.97. The van der Waals surface area contributed by atoms with E-state index >= 15 is 0 Å². The first kappa shape index (κ1) is 18.4. The SMILES string of the molecule is Cl.O=S(=O)(c1cc(Cl)c(Br)cc1F)N1CCC2CCC(C1)N2. The molecule has 1 N–H and O–H groups in total. The van der Waals surface area contributed by atoms with Crippen molar-refractivity contribution in [1.82, 2.24) is 9.62 Å². The topological polar surface area (TPSA) is 49.4 Å². The number of sulfonamides is 1. The van der Waals surface area contributed by atoms with Crippen molar-refractivity contribution < 1.29 is 12.8 Å². The van der Waals surface area contributed by atoms with Gasteiger partial charge in [-0.1, -0.05) is 11.6 Å². The minimum absolute atomic E-state index is 0. The fourth-order valence-corrected chi connectivity index (χ4v) is 5.09. The van der Waals surface area contributed by atoms with Crippen molar-refractivity contribution in [1.29, 1.82) is 0 Å². The second-order valence-electron chi connectivity index (χ2n) is 5.49. The Morgan fingerprint density at radius 2 is 1.95 bits per heavy atom. The summed E-state index contributed by atoms with van der Waals surface area (Å²) in [6.07, 6.45) is 2.79. The van der Waals surface area contributed by atoms with E-state index in [9.17, 15) is 12.8 Å². The van der Waals surface area contributed by atoms with Crippen molar-refractivity contribution in [3.8, 4) is 0 Å². The van der Waals surface area contributed by atoms with Crippen LogP contribution in [0.1, 0.15) is 19.3 Å². The second kappa shape index (κ2) is 6.91. The summed E-state index contributed by atoms with van der Waals surface area (Å²) < 4.78 is 41.1. The molecule has 9 heteroatoms. The van der Waals surface area contributed by atoms with Crippen molar-refractivity contribution in [3.05, 3.63) is 27.4 Å². The number of nitrogens with zero attached hydrogens (tertiary/aromatic N) is 1. The summed E-state index contributed by atoms with van der Waals surface area (Å²) in [5.74, 6) is -0.784. The molecule has 22 heavy (non-hydrogen) atoms. The van der Waals surface area contributed by atoms with Gasteiger partial charge in [-0.25, -0.2) is 12.8 Å². The van der Waals surface area contributed by atoms with Gasteiger partial charge in [-0.05, 0) is 47.3 Å². The second-order valence-corrected chi connectivity index (χ2v) is 8.65. The first-order chi connectivity index (χ1) is 9.88. The highest BCUT2D eigenvalue weighted by Crippen LogP contribution is 2.31. The molecule has 2 heterocycles. The normalized spacial score (nSPS) is 25.6. The Labute approximate surface area is 149 Å². The summed E-state index contributed by atoms with van der Waals surface area (Å²) in [5.41, 5.74) is 0. The molecule has 0 aromatic heterocycles. The first-order valence-corrected chi connectivity index (χ1v) is 9.40. The number of rotatable bonds is 2. The molecule has 2 unspecified atom stereocenters. The Bertz CT molecular complexity index is 674. The van der Waals surface area contributed by atoms with Crippen LogP contribution in [0.25, 0.3) is 0 Å². The standard InChI is InChI=1S/C13H15BrClFN2O2S.ClH/c14-10-5-12(16)13(6-11(10)15)21(19,20)18-4-3-8-1-2-9(7-18)17-8;/h5-6,8-9,17H,1-4,7H2;1H. The first-order valence-electron chi connectivity index (χ1n) is 6.78. The van der Waals surface area contributed by atoms with Crippen molar-refractivity contribution in [3.63, 3.8) is 0 Å². The molecule has 0 radical (unpaired) electrons. The molecule has 124 valence electrons. The van der Waals surface area contributed by atoms with Crippen LogP contribution in [0, 0.1) is 5.82 Å². The van der Waals surface area contributed by atoms with Gasteiger partial charge in [0, 0.05) is 29.6 Å². The lowest BCUT2D eigenvalue weighted by Crippen LogP contribution is -2.39. The van der Waals surface area contributed by atoms with Crippen molar-refractivity contribution in [2.24, 2.45) is 0 Å². The molecule has 0 saturated carbocycles. The number of hydrogen-bond donors (Lipinski definition) is 1. The molecule has 0 aliphatic carbocycles. The van der Waals surface area contributed by atoms with E-state index in [1.165, 1.54) is 10.4 Å². The van der Waals surface area contributed by atoms with Crippen LogP contribution in [0.15, 0.2) is 21.5 Å². The minimum Gasteiger partial charge on any atom is -0.310 e. The van der Waals surface area contributed by atoms with E-state index in [1.807, 2.05) is 0 Å². The third-order valence-electron chi connectivity index (χ3n) is 4.08. The zero-order chi connectivity index (χ0) is 15.2. The molecule has 2 bridgehead atoms. The summed E-state index contributed by atoms with van der Waals surface area (Å²) in [7, 11) is -3.86. The van der Waals surface area contributed by atoms with Gasteiger partial charge in [-0.3, -0.25) is 0 Å². The molecule has 1 aromatic rings. The maximum atomic E-state index is 14.1. The van der Waals surface area contributed by atoms with E-state index in [0.717, 1.165) is 25.3 Å². The molecule has 1 aromatic carbocycles. The maximum absolute atomic E-state index is 14.1. The summed E-state index contributed by atoms with van der Waals surface area (Å²) in [4.78, 5) is -0.353. The summed E-state index contributed by atoms with van der Waals surface area (Å²) in [6, 6.07) is 2.79. The predicted octanol–water partition coefficient (Wildman–Crippen LogP) is 3.18. The van der Waals surface area contributed by atoms with E-state index in [4.69, 9.17) is 11.6 Å². The fraction of sp³-hybridized carbons (Fsp3) is 0.538. The van der Waals surface area contributed by atoms with Gasteiger partial charge in [0.2, 0.25) is 10.0 Å². The lowest BCUT2D eigenvalue weighted by atomic mass is 10.1. The van der Waals surface area contributed by atoms with Gasteiger partial charge in [0.15, 0.2) is 0 Å². The van der Waals surface area contributed by atoms with Crippen LogP contribution in [0.2, 0.25) is 5.02 Å². The summed E-state index contributed by atoms with van der Waals surface area (Å²) in [5, 5.41) is 3.59. The van der Waals surface area contributed by atoms with E-state index in [2.05, 4.69) is 21.2 Å². The van der Waals surface area contributed by atoms with Gasteiger partial charge in [0.1, 0.15) is 10.7 Å². The third kappa shape index (κ3) is 3.44. The highest BCUT2D eigenvalue weighted by atomic mass is 79.9. The molecule has 3 rings (SSSR count). The van der Waals surface area contributed by atoms with E-state index < -0.39 is 15.8 Å². The van der Waals surface area contributed by atoms with Crippen LogP contribution in [0.3, 0.4) is 0 Å². The maximum Gasteiger partial charge on any atom is 0.246 e. The van der Waals surface area contributed by atoms with Crippen molar-refractivity contribution in [2.75, 3.05) is 13.1 Å². The highest BCUT2D eigenvalue weighted by Gasteiger charge is 2.36. The zero-order valence-corrected chi connectivity index (χ0v) is 15.5. The van der Waals surface area contributed by atoms with Crippen molar-refractivity contribution >= 4 is 50.0 Å². The van der Waals surface area contributed by atoms with Crippen LogP contribution in [-0.2, 0) is 10.0 Å². The van der Waals surface area contributed by atoms with Crippen LogP contribution >= 0.6 is 39.9 Å². The molecular formula is C13H16BrCl2FN2O2S. The van der Waals surface area contributed by atoms with Crippen LogP contribution < -0.4 is 5.32 Å². The summed E-state index contributed by atoms with van der Waals surface area (Å²) >= 11 is 9.01. The van der Waals surface area contributed by atoms with Crippen LogP contribution in [0.5, 0.6) is 0 Å². The highest BCUT2D eigenvalue weighted by molar-refractivity contribution is 9.10. The zero-order valence-electron chi connectivity index (χ0n) is 11.6. The van der Waals surface area contributed by atoms with Gasteiger partial charge in [0.25, 0.3) is 0 Å². The molecule has 2 aliphatic rings. The molecule has 0 spiro atoms. The Morgan fingerprint density at radius 1 is 1.27 bits per heavy atom. The predicted molar refractivity (Wildman–Crippen MR) is 89.7 cm³/mol. The van der Waals surface area contributed by atoms with Gasteiger partial charge in [0.05, 0.1) is 5.02 Å². The van der Waals surface area contributed by atoms with Gasteiger partial charge >= 0.3 is 0 Å². The van der Waals surface area contributed by atoms with Gasteiger partial charge < -0.3 is 5.32 Å². The quantitative estimate of drug-likeness (QED) is 0.728. The van der Waals surface area contributed by atoms with E-state index in [1.54, 1.807) is 0 Å². The minimum atomic E-state index is -3.86. The number of fused-ring (bicyclic) bond motifs is 2. The molecule has 2 saturated heterocycles. The monoisotopic (exact) mass is 432 g/mol. The molecule has 2 atom stereocenters. The Hall–Kier alpha value is 0.0800. The molecular weight excluding hydrogens is 418 g/mol. The molecule has 4 nitrogen and oxygen atoms in total. The Morgan fingerprint density at radius 3 is 2.68 bits per heavy atom. The number of nitrogens with one attached hydrogen (secondary N) is 1. The lowest BCUT2D eigenvalue weighted by molar-refractivity contribution is 0.381. The molecule has 0 amide bonds. The van der Waals surface area contributed by atoms with Crippen LogP contribution in [0.4, 0.5) is 4.39 Å². The van der Waals surface area contributed by atoms with Gasteiger partial charge in [-0.15, -0.1) is 12.4 Å². The molecule has 2 aliphatic heterocycles. The largest absolute Gasteiger partial charge is 0.310 e. The Balaban J connectivity index is 0.00000176. The summed E-state index contributed by atoms with van der Waals surface area (Å²) in [6.45, 7) is 0.787. The smallest absolute Gasteiger partial charge is 0.246 e.